The molecule has 1 aromatic heterocycles. The number of benzene rings is 1. The van der Waals surface area contributed by atoms with Crippen molar-refractivity contribution in [2.75, 3.05) is 0 Å². The van der Waals surface area contributed by atoms with E-state index in [1.807, 2.05) is 0 Å². The lowest BCUT2D eigenvalue weighted by Gasteiger charge is -2.12. The molecule has 0 aliphatic heterocycles. The maximum Gasteiger partial charge on any atom is 0.451 e. The molecule has 5 N–H and O–H groups in total. The molecule has 1 atom stereocenters. The van der Waals surface area contributed by atoms with Gasteiger partial charge in [0, 0.05) is 24.2 Å². The van der Waals surface area contributed by atoms with Crippen molar-refractivity contribution in [1.82, 2.24) is 25.5 Å². The number of amides is 1. The zero-order valence-electron chi connectivity index (χ0n) is 14.9. The number of halogens is 3. The monoisotopic (exact) mass is 400 g/mol. The molecule has 0 radical (unpaired) electrons. The first kappa shape index (κ1) is 21.8. The number of tetrazole rings is 1. The Labute approximate surface area is 158 Å². The van der Waals surface area contributed by atoms with Crippen LogP contribution in [0.15, 0.2) is 12.1 Å². The molecule has 0 saturated heterocycles. The predicted molar refractivity (Wildman–Crippen MR) is 91.8 cm³/mol. The molecule has 0 fully saturated rings. The Hall–Kier alpha value is -2.51. The maximum atomic E-state index is 13.6. The summed E-state index contributed by atoms with van der Waals surface area (Å²) in [4.78, 5) is 12.0. The predicted octanol–water partition coefficient (Wildman–Crippen LogP) is 0.0497. The highest BCUT2D eigenvalue weighted by Gasteiger charge is 2.18. The average molecular weight is 400 g/mol. The van der Waals surface area contributed by atoms with E-state index in [1.165, 1.54) is 0 Å². The molecule has 2 rings (SSSR count). The summed E-state index contributed by atoms with van der Waals surface area (Å²) in [5, 5.41) is 30.8. The summed E-state index contributed by atoms with van der Waals surface area (Å²) in [5.41, 5.74) is 5.53. The van der Waals surface area contributed by atoms with Gasteiger partial charge in [-0.15, -0.1) is 5.10 Å². The molecule has 0 aliphatic carbocycles. The van der Waals surface area contributed by atoms with Crippen LogP contribution in [0, 0.1) is 17.5 Å². The smallest absolute Gasteiger partial charge is 0.427 e. The molecule has 1 aromatic carbocycles. The van der Waals surface area contributed by atoms with E-state index in [9.17, 15) is 18.0 Å². The Balaban J connectivity index is 1.89. The third kappa shape index (κ3) is 6.28. The summed E-state index contributed by atoms with van der Waals surface area (Å²) in [6, 6.07) is 0.475. The van der Waals surface area contributed by atoms with Gasteiger partial charge in [-0.05, 0) is 23.2 Å². The van der Waals surface area contributed by atoms with Crippen molar-refractivity contribution in [3.63, 3.8) is 0 Å². The van der Waals surface area contributed by atoms with Crippen LogP contribution in [0.2, 0.25) is 6.32 Å². The number of nitrogens with two attached hydrogens (primary N) is 1. The summed E-state index contributed by atoms with van der Waals surface area (Å²) < 4.78 is 41.2. The maximum absolute atomic E-state index is 13.6. The van der Waals surface area contributed by atoms with Crippen LogP contribution in [-0.4, -0.2) is 43.3 Å². The fourth-order valence-corrected chi connectivity index (χ4v) is 2.53. The number of hydrogen-bond donors (Lipinski definition) is 4. The van der Waals surface area contributed by atoms with Gasteiger partial charge < -0.3 is 21.1 Å². The molecule has 13 heteroatoms. The van der Waals surface area contributed by atoms with Crippen LogP contribution in [0.25, 0.3) is 0 Å². The summed E-state index contributed by atoms with van der Waals surface area (Å²) in [6.45, 7) is -0.792. The molecule has 0 aliphatic rings. The highest BCUT2D eigenvalue weighted by Crippen LogP contribution is 2.16. The minimum Gasteiger partial charge on any atom is -0.427 e. The highest BCUT2D eigenvalue weighted by atomic mass is 19.1. The SMILES string of the molecule is NC(CCCCB(O)O)c1nnnn1CC(=O)NCc1c(F)cc(F)cc1F. The molecule has 152 valence electrons. The van der Waals surface area contributed by atoms with Crippen molar-refractivity contribution in [3.8, 4) is 0 Å². The lowest BCUT2D eigenvalue weighted by atomic mass is 9.83. The Bertz CT molecular complexity index is 784. The van der Waals surface area contributed by atoms with Crippen molar-refractivity contribution in [2.45, 2.75) is 44.7 Å². The lowest BCUT2D eigenvalue weighted by Crippen LogP contribution is -2.30. The number of rotatable bonds is 10. The average Bonchev–Trinajstić information content (AvgIpc) is 3.05. The van der Waals surface area contributed by atoms with Gasteiger partial charge in [-0.2, -0.15) is 0 Å². The van der Waals surface area contributed by atoms with Crippen LogP contribution in [0.4, 0.5) is 13.2 Å². The van der Waals surface area contributed by atoms with Crippen molar-refractivity contribution in [3.05, 3.63) is 41.0 Å². The fraction of sp³-hybridized carbons (Fsp3) is 0.467. The summed E-state index contributed by atoms with van der Waals surface area (Å²) >= 11 is 0. The summed E-state index contributed by atoms with van der Waals surface area (Å²) in [5.74, 6) is -3.62. The minimum atomic E-state index is -1.37. The second-order valence-electron chi connectivity index (χ2n) is 6.19. The Morgan fingerprint density at radius 3 is 2.57 bits per heavy atom. The number of unbranched alkanes of at least 4 members (excludes halogenated alkanes) is 1. The number of carbonyl (C=O) groups excluding carboxylic acids is 1. The molecule has 2 aromatic rings. The van der Waals surface area contributed by atoms with Crippen molar-refractivity contribution < 1.29 is 28.0 Å². The quantitative estimate of drug-likeness (QED) is 0.326. The fourth-order valence-electron chi connectivity index (χ4n) is 2.53. The van der Waals surface area contributed by atoms with Gasteiger partial charge >= 0.3 is 7.12 Å². The first-order valence-electron chi connectivity index (χ1n) is 8.55. The number of carbonyl (C=O) groups is 1. The molecule has 0 bridgehead atoms. The molecule has 1 unspecified atom stereocenters. The van der Waals surface area contributed by atoms with E-state index < -0.39 is 48.6 Å². The number of aromatic nitrogens is 4. The topological polar surface area (TPSA) is 139 Å². The van der Waals surface area contributed by atoms with Crippen LogP contribution >= 0.6 is 0 Å². The van der Waals surface area contributed by atoms with E-state index in [4.69, 9.17) is 15.8 Å². The Kier molecular flexibility index (Phi) is 7.90. The number of hydrogen-bond acceptors (Lipinski definition) is 7. The van der Waals surface area contributed by atoms with Crippen molar-refractivity contribution in [2.24, 2.45) is 5.73 Å². The van der Waals surface area contributed by atoms with Gasteiger partial charge in [0.25, 0.3) is 0 Å². The second-order valence-corrected chi connectivity index (χ2v) is 6.19. The molecule has 9 nitrogen and oxygen atoms in total. The van der Waals surface area contributed by atoms with E-state index in [-0.39, 0.29) is 18.7 Å². The standard InChI is InChI=1S/C15H20BF3N6O3/c17-9-5-11(18)10(12(19)6-9)7-21-14(26)8-25-15(22-23-24-25)13(20)3-1-2-4-16(27)28/h5-6,13,27-28H,1-4,7-8,20H2,(H,21,26). The molecule has 1 amide bonds. The third-order valence-corrected chi connectivity index (χ3v) is 3.98. The van der Waals surface area contributed by atoms with Crippen molar-refractivity contribution >= 4 is 13.0 Å². The van der Waals surface area contributed by atoms with Gasteiger partial charge in [0.05, 0.1) is 6.04 Å². The molecule has 0 spiro atoms. The van der Waals surface area contributed by atoms with Gasteiger partial charge in [-0.1, -0.05) is 12.8 Å². The zero-order valence-corrected chi connectivity index (χ0v) is 14.9. The largest absolute Gasteiger partial charge is 0.451 e. The van der Waals surface area contributed by atoms with Crippen LogP contribution in [-0.2, 0) is 17.9 Å². The van der Waals surface area contributed by atoms with Crippen LogP contribution in [0.5, 0.6) is 0 Å². The van der Waals surface area contributed by atoms with E-state index in [0.717, 1.165) is 4.68 Å². The van der Waals surface area contributed by atoms with Crippen LogP contribution in [0.3, 0.4) is 0 Å². The van der Waals surface area contributed by atoms with Crippen LogP contribution in [0.1, 0.15) is 36.7 Å². The van der Waals surface area contributed by atoms with Crippen molar-refractivity contribution in [1.29, 1.82) is 0 Å². The molecular formula is C15H20BF3N6O3. The van der Waals surface area contributed by atoms with E-state index in [1.54, 1.807) is 0 Å². The van der Waals surface area contributed by atoms with Gasteiger partial charge in [0.15, 0.2) is 5.82 Å². The first-order valence-corrected chi connectivity index (χ1v) is 8.55. The Morgan fingerprint density at radius 1 is 1.25 bits per heavy atom. The number of nitrogens with one attached hydrogen (secondary N) is 1. The lowest BCUT2D eigenvalue weighted by molar-refractivity contribution is -0.122. The zero-order chi connectivity index (χ0) is 20.7. The van der Waals surface area contributed by atoms with Gasteiger partial charge in [0.2, 0.25) is 5.91 Å². The molecule has 28 heavy (non-hydrogen) atoms. The summed E-state index contributed by atoms with van der Waals surface area (Å²) in [6.07, 6.45) is 1.82. The normalized spacial score (nSPS) is 12.1. The molecule has 0 saturated carbocycles. The van der Waals surface area contributed by atoms with E-state index in [2.05, 4.69) is 20.8 Å². The second kappa shape index (κ2) is 10.2. The first-order chi connectivity index (χ1) is 13.3. The molecular weight excluding hydrogens is 380 g/mol. The van der Waals surface area contributed by atoms with Gasteiger partial charge in [-0.25, -0.2) is 17.9 Å². The van der Waals surface area contributed by atoms with E-state index >= 15 is 0 Å². The van der Waals surface area contributed by atoms with Crippen LogP contribution < -0.4 is 11.1 Å². The molecule has 1 heterocycles. The highest BCUT2D eigenvalue weighted by molar-refractivity contribution is 6.40. The third-order valence-electron chi connectivity index (χ3n) is 3.98. The van der Waals surface area contributed by atoms with Gasteiger partial charge in [0.1, 0.15) is 24.0 Å². The van der Waals surface area contributed by atoms with Gasteiger partial charge in [-0.3, -0.25) is 4.79 Å². The minimum absolute atomic E-state index is 0.219. The number of nitrogens with zero attached hydrogens (tertiary/aromatic N) is 4. The Morgan fingerprint density at radius 2 is 1.93 bits per heavy atom. The summed E-state index contributed by atoms with van der Waals surface area (Å²) in [7, 11) is -1.37. The van der Waals surface area contributed by atoms with E-state index in [0.29, 0.717) is 31.4 Å².